The van der Waals surface area contributed by atoms with Crippen molar-refractivity contribution in [2.75, 3.05) is 6.61 Å². The minimum Gasteiger partial charge on any atom is -0.468 e. The summed E-state index contributed by atoms with van der Waals surface area (Å²) in [5.74, 6) is -3.58. The summed E-state index contributed by atoms with van der Waals surface area (Å²) in [5.41, 5.74) is 0.205. The Labute approximate surface area is 176 Å². The van der Waals surface area contributed by atoms with Crippen LogP contribution in [0.4, 0.5) is 8.78 Å². The number of hydrogen-bond acceptors (Lipinski definition) is 6. The Hall–Kier alpha value is -3.37. The third-order valence-corrected chi connectivity index (χ3v) is 5.73. The van der Waals surface area contributed by atoms with Crippen LogP contribution in [0.15, 0.2) is 64.1 Å². The zero-order valence-electron chi connectivity index (χ0n) is 16.2. The van der Waals surface area contributed by atoms with E-state index < -0.39 is 40.0 Å². The molecular formula is C21H17F2NO6S. The second-order valence-electron chi connectivity index (χ2n) is 6.51. The Morgan fingerprint density at radius 1 is 1.06 bits per heavy atom. The van der Waals surface area contributed by atoms with Gasteiger partial charge in [0.1, 0.15) is 5.76 Å². The van der Waals surface area contributed by atoms with Gasteiger partial charge in [-0.15, -0.1) is 0 Å². The number of sulfonamides is 1. The molecule has 3 rings (SSSR count). The van der Waals surface area contributed by atoms with Crippen molar-refractivity contribution in [3.63, 3.8) is 0 Å². The Morgan fingerprint density at radius 3 is 2.52 bits per heavy atom. The predicted molar refractivity (Wildman–Crippen MR) is 105 cm³/mol. The summed E-state index contributed by atoms with van der Waals surface area (Å²) in [7, 11) is -3.95. The molecule has 0 bridgehead atoms. The molecule has 0 aliphatic heterocycles. The first-order chi connectivity index (χ1) is 14.7. The van der Waals surface area contributed by atoms with Crippen molar-refractivity contribution in [2.45, 2.75) is 18.4 Å². The summed E-state index contributed by atoms with van der Waals surface area (Å²) in [5, 5.41) is 0. The maximum Gasteiger partial charge on any atom is 0.338 e. The molecule has 7 nitrogen and oxygen atoms in total. The highest BCUT2D eigenvalue weighted by Crippen LogP contribution is 2.18. The maximum atomic E-state index is 13.3. The molecule has 0 amide bonds. The first kappa shape index (κ1) is 22.3. The van der Waals surface area contributed by atoms with Crippen LogP contribution in [0, 0.1) is 18.6 Å². The van der Waals surface area contributed by atoms with Gasteiger partial charge >= 0.3 is 5.97 Å². The number of Topliss-reactive ketones (excluding diaryl/α,β-unsaturated/α-hetero) is 1. The lowest BCUT2D eigenvalue weighted by Gasteiger charge is -2.10. The van der Waals surface area contributed by atoms with Gasteiger partial charge in [0.15, 0.2) is 24.0 Å². The summed E-state index contributed by atoms with van der Waals surface area (Å²) in [6, 6.07) is 9.66. The third-order valence-electron chi connectivity index (χ3n) is 4.33. The standard InChI is InChI=1S/C21H17F2NO6S/c1-13-4-6-16(31(27,28)24-11-15-3-2-8-29-15)10-17(13)21(26)30-12-20(25)14-5-7-18(22)19(23)9-14/h2-10,24H,11-12H2,1H3. The average molecular weight is 449 g/mol. The zero-order chi connectivity index (χ0) is 22.6. The molecule has 0 aliphatic rings. The number of ketones is 1. The SMILES string of the molecule is Cc1ccc(S(=O)(=O)NCc2ccco2)cc1C(=O)OCC(=O)c1ccc(F)c(F)c1. The number of aryl methyl sites for hydroxylation is 1. The topological polar surface area (TPSA) is 103 Å². The van der Waals surface area contributed by atoms with Gasteiger partial charge in [-0.1, -0.05) is 6.07 Å². The Balaban J connectivity index is 1.70. The minimum absolute atomic E-state index is 0.0565. The van der Waals surface area contributed by atoms with Crippen molar-refractivity contribution >= 4 is 21.8 Å². The van der Waals surface area contributed by atoms with Gasteiger partial charge < -0.3 is 9.15 Å². The molecule has 0 aliphatic carbocycles. The number of rotatable bonds is 8. The largest absolute Gasteiger partial charge is 0.468 e. The fraction of sp³-hybridized carbons (Fsp3) is 0.143. The van der Waals surface area contributed by atoms with Crippen LogP contribution in [0.1, 0.15) is 32.0 Å². The van der Waals surface area contributed by atoms with E-state index in [1.165, 1.54) is 18.4 Å². The second kappa shape index (κ2) is 9.19. The number of benzene rings is 2. The third kappa shape index (κ3) is 5.41. The summed E-state index contributed by atoms with van der Waals surface area (Å²) in [6.45, 7) is 0.767. The fourth-order valence-corrected chi connectivity index (χ4v) is 3.63. The van der Waals surface area contributed by atoms with Crippen LogP contribution in [0.25, 0.3) is 0 Å². The molecule has 0 spiro atoms. The number of esters is 1. The van der Waals surface area contributed by atoms with E-state index in [0.717, 1.165) is 18.2 Å². The van der Waals surface area contributed by atoms with Crippen LogP contribution in [-0.2, 0) is 21.3 Å². The Kier molecular flexibility index (Phi) is 6.62. The van der Waals surface area contributed by atoms with Crippen LogP contribution >= 0.6 is 0 Å². The van der Waals surface area contributed by atoms with Crippen molar-refractivity contribution in [2.24, 2.45) is 0 Å². The molecule has 2 aromatic carbocycles. The average Bonchev–Trinajstić information content (AvgIpc) is 3.26. The van der Waals surface area contributed by atoms with Gasteiger partial charge in [-0.2, -0.15) is 0 Å². The number of halogens is 2. The molecule has 1 aromatic heterocycles. The van der Waals surface area contributed by atoms with Gasteiger partial charge in [0.25, 0.3) is 0 Å². The van der Waals surface area contributed by atoms with E-state index in [4.69, 9.17) is 9.15 Å². The van der Waals surface area contributed by atoms with E-state index in [1.807, 2.05) is 0 Å². The van der Waals surface area contributed by atoms with Crippen LogP contribution in [0.2, 0.25) is 0 Å². The van der Waals surface area contributed by atoms with Crippen molar-refractivity contribution in [1.82, 2.24) is 4.72 Å². The molecule has 1 N–H and O–H groups in total. The number of furan rings is 1. The predicted octanol–water partition coefficient (Wildman–Crippen LogP) is 3.38. The van der Waals surface area contributed by atoms with Crippen LogP contribution in [-0.4, -0.2) is 26.8 Å². The van der Waals surface area contributed by atoms with Crippen molar-refractivity contribution in [3.05, 3.63) is 88.9 Å². The highest BCUT2D eigenvalue weighted by atomic mass is 32.2. The molecule has 0 saturated heterocycles. The van der Waals surface area contributed by atoms with Gasteiger partial charge in [-0.05, 0) is 55.0 Å². The molecule has 0 saturated carbocycles. The molecule has 1 heterocycles. The zero-order valence-corrected chi connectivity index (χ0v) is 17.0. The van der Waals surface area contributed by atoms with Gasteiger partial charge in [-0.25, -0.2) is 26.7 Å². The molecule has 0 fully saturated rings. The highest BCUT2D eigenvalue weighted by molar-refractivity contribution is 7.89. The van der Waals surface area contributed by atoms with Gasteiger partial charge in [0.2, 0.25) is 10.0 Å². The van der Waals surface area contributed by atoms with Crippen molar-refractivity contribution in [1.29, 1.82) is 0 Å². The Bertz CT molecular complexity index is 1220. The second-order valence-corrected chi connectivity index (χ2v) is 8.28. The van der Waals surface area contributed by atoms with Crippen molar-refractivity contribution < 1.29 is 35.9 Å². The van der Waals surface area contributed by atoms with E-state index in [1.54, 1.807) is 19.1 Å². The molecule has 0 unspecified atom stereocenters. The number of ether oxygens (including phenoxy) is 1. The number of carbonyl (C=O) groups excluding carboxylic acids is 2. The van der Waals surface area contributed by atoms with E-state index in [0.29, 0.717) is 17.4 Å². The number of carbonyl (C=O) groups is 2. The first-order valence-electron chi connectivity index (χ1n) is 8.95. The smallest absolute Gasteiger partial charge is 0.338 e. The summed E-state index contributed by atoms with van der Waals surface area (Å²) in [6.07, 6.45) is 1.41. The summed E-state index contributed by atoms with van der Waals surface area (Å²) < 4.78 is 63.6. The normalized spacial score (nSPS) is 11.3. The molecule has 31 heavy (non-hydrogen) atoms. The molecular weight excluding hydrogens is 432 g/mol. The van der Waals surface area contributed by atoms with Crippen molar-refractivity contribution in [3.8, 4) is 0 Å². The lowest BCUT2D eigenvalue weighted by Crippen LogP contribution is -2.23. The van der Waals surface area contributed by atoms with Gasteiger partial charge in [0.05, 0.1) is 23.3 Å². The summed E-state index contributed by atoms with van der Waals surface area (Å²) in [4.78, 5) is 24.3. The summed E-state index contributed by atoms with van der Waals surface area (Å²) >= 11 is 0. The van der Waals surface area contributed by atoms with Crippen LogP contribution < -0.4 is 4.72 Å². The molecule has 10 heteroatoms. The van der Waals surface area contributed by atoms with E-state index in [2.05, 4.69) is 4.72 Å². The monoisotopic (exact) mass is 449 g/mol. The maximum absolute atomic E-state index is 13.3. The van der Waals surface area contributed by atoms with E-state index >= 15 is 0 Å². The van der Waals surface area contributed by atoms with E-state index in [9.17, 15) is 26.8 Å². The van der Waals surface area contributed by atoms with E-state index in [-0.39, 0.29) is 22.6 Å². The molecule has 0 atom stereocenters. The number of hydrogen-bond donors (Lipinski definition) is 1. The minimum atomic E-state index is -3.95. The van der Waals surface area contributed by atoms with Gasteiger partial charge in [0, 0.05) is 5.56 Å². The lowest BCUT2D eigenvalue weighted by atomic mass is 10.1. The lowest BCUT2D eigenvalue weighted by molar-refractivity contribution is 0.0473. The van der Waals surface area contributed by atoms with Crippen LogP contribution in [0.3, 0.4) is 0 Å². The van der Waals surface area contributed by atoms with Gasteiger partial charge in [-0.3, -0.25) is 4.79 Å². The molecule has 162 valence electrons. The highest BCUT2D eigenvalue weighted by Gasteiger charge is 2.20. The number of nitrogens with one attached hydrogen (secondary N) is 1. The molecule has 3 aromatic rings. The first-order valence-corrected chi connectivity index (χ1v) is 10.4. The fourth-order valence-electron chi connectivity index (χ4n) is 2.61. The Morgan fingerprint density at radius 2 is 1.84 bits per heavy atom. The molecule has 0 radical (unpaired) electrons. The van der Waals surface area contributed by atoms with Crippen LogP contribution in [0.5, 0.6) is 0 Å². The quantitative estimate of drug-likeness (QED) is 0.418.